The number of benzene rings is 1. The minimum Gasteiger partial charge on any atom is -0.318 e. The molecule has 0 aliphatic heterocycles. The smallest absolute Gasteiger partial charge is 0.224 e. The van der Waals surface area contributed by atoms with Gasteiger partial charge in [0.1, 0.15) is 0 Å². The molecule has 1 N–H and O–H groups in total. The Labute approximate surface area is 124 Å². The van der Waals surface area contributed by atoms with Gasteiger partial charge in [-0.2, -0.15) is 0 Å². The van der Waals surface area contributed by atoms with Crippen LogP contribution in [0.5, 0.6) is 0 Å². The van der Waals surface area contributed by atoms with E-state index in [4.69, 9.17) is 0 Å². The lowest BCUT2D eigenvalue weighted by atomic mass is 10.1. The van der Waals surface area contributed by atoms with Crippen LogP contribution in [-0.2, 0) is 11.2 Å². The minimum absolute atomic E-state index is 0.110. The zero-order valence-corrected chi connectivity index (χ0v) is 13.1. The molecule has 0 fully saturated rings. The number of thiophene rings is 1. The summed E-state index contributed by atoms with van der Waals surface area (Å²) in [4.78, 5) is 13.1. The first kappa shape index (κ1) is 14.8. The highest BCUT2D eigenvalue weighted by molar-refractivity contribution is 7.16. The molecule has 1 amide bonds. The SMILES string of the molecule is Cc1ccc(CCCC(=O)Nc2cc(C)c(C)s2)cc1. The third kappa shape index (κ3) is 4.20. The average Bonchev–Trinajstić information content (AvgIpc) is 2.70. The number of rotatable bonds is 5. The van der Waals surface area contributed by atoms with Crippen LogP contribution in [-0.4, -0.2) is 5.91 Å². The summed E-state index contributed by atoms with van der Waals surface area (Å²) in [6.45, 7) is 6.23. The van der Waals surface area contributed by atoms with E-state index in [-0.39, 0.29) is 5.91 Å². The molecule has 1 heterocycles. The van der Waals surface area contributed by atoms with E-state index in [2.05, 4.69) is 50.4 Å². The maximum atomic E-state index is 11.9. The molecular weight excluding hydrogens is 266 g/mol. The molecule has 0 aliphatic carbocycles. The number of hydrogen-bond donors (Lipinski definition) is 1. The lowest BCUT2D eigenvalue weighted by Gasteiger charge is -2.03. The molecule has 2 nitrogen and oxygen atoms in total. The van der Waals surface area contributed by atoms with Crippen molar-refractivity contribution in [2.75, 3.05) is 5.32 Å². The highest BCUT2D eigenvalue weighted by Gasteiger charge is 2.06. The third-order valence-corrected chi connectivity index (χ3v) is 4.49. The van der Waals surface area contributed by atoms with Gasteiger partial charge in [0.25, 0.3) is 0 Å². The Morgan fingerprint density at radius 3 is 2.45 bits per heavy atom. The molecule has 0 radical (unpaired) electrons. The van der Waals surface area contributed by atoms with E-state index in [1.807, 2.05) is 6.07 Å². The summed E-state index contributed by atoms with van der Waals surface area (Å²) >= 11 is 1.64. The first-order chi connectivity index (χ1) is 9.54. The number of amides is 1. The average molecular weight is 287 g/mol. The summed E-state index contributed by atoms with van der Waals surface area (Å²) in [7, 11) is 0. The quantitative estimate of drug-likeness (QED) is 0.853. The predicted molar refractivity (Wildman–Crippen MR) is 86.5 cm³/mol. The van der Waals surface area contributed by atoms with Crippen molar-refractivity contribution < 1.29 is 4.79 Å². The third-order valence-electron chi connectivity index (χ3n) is 3.42. The lowest BCUT2D eigenvalue weighted by Crippen LogP contribution is -2.10. The maximum absolute atomic E-state index is 11.9. The molecule has 0 unspecified atom stereocenters. The fourth-order valence-corrected chi connectivity index (χ4v) is 2.99. The normalized spacial score (nSPS) is 10.6. The molecule has 20 heavy (non-hydrogen) atoms. The van der Waals surface area contributed by atoms with Crippen LogP contribution >= 0.6 is 11.3 Å². The van der Waals surface area contributed by atoms with Gasteiger partial charge in [0.2, 0.25) is 5.91 Å². The number of nitrogens with one attached hydrogen (secondary N) is 1. The summed E-state index contributed by atoms with van der Waals surface area (Å²) in [5, 5.41) is 3.94. The fraction of sp³-hybridized carbons (Fsp3) is 0.353. The van der Waals surface area contributed by atoms with E-state index in [9.17, 15) is 4.79 Å². The molecule has 0 spiro atoms. The second kappa shape index (κ2) is 6.71. The fourth-order valence-electron chi connectivity index (χ4n) is 2.04. The summed E-state index contributed by atoms with van der Waals surface area (Å²) in [6.07, 6.45) is 2.41. The lowest BCUT2D eigenvalue weighted by molar-refractivity contribution is -0.116. The van der Waals surface area contributed by atoms with Crippen molar-refractivity contribution in [1.82, 2.24) is 0 Å². The first-order valence-electron chi connectivity index (χ1n) is 6.97. The van der Waals surface area contributed by atoms with E-state index in [0.29, 0.717) is 6.42 Å². The zero-order chi connectivity index (χ0) is 14.5. The van der Waals surface area contributed by atoms with Gasteiger partial charge in [-0.15, -0.1) is 11.3 Å². The monoisotopic (exact) mass is 287 g/mol. The van der Waals surface area contributed by atoms with Gasteiger partial charge in [-0.25, -0.2) is 0 Å². The highest BCUT2D eigenvalue weighted by atomic mass is 32.1. The Kier molecular flexibility index (Phi) is 4.96. The Hall–Kier alpha value is -1.61. The van der Waals surface area contributed by atoms with Crippen molar-refractivity contribution in [3.05, 3.63) is 51.9 Å². The molecule has 0 saturated carbocycles. The van der Waals surface area contributed by atoms with Crippen molar-refractivity contribution in [2.45, 2.75) is 40.0 Å². The van der Waals surface area contributed by atoms with E-state index < -0.39 is 0 Å². The van der Waals surface area contributed by atoms with E-state index in [1.165, 1.54) is 21.6 Å². The first-order valence-corrected chi connectivity index (χ1v) is 7.78. The molecule has 0 atom stereocenters. The number of carbonyl (C=O) groups excluding carboxylic acids is 1. The van der Waals surface area contributed by atoms with Crippen molar-refractivity contribution >= 4 is 22.2 Å². The van der Waals surface area contributed by atoms with Gasteiger partial charge >= 0.3 is 0 Å². The van der Waals surface area contributed by atoms with Gasteiger partial charge in [0.05, 0.1) is 5.00 Å². The Balaban J connectivity index is 1.76. The van der Waals surface area contributed by atoms with Crippen molar-refractivity contribution in [3.8, 4) is 0 Å². The standard InChI is InChI=1S/C17H21NOS/c1-12-7-9-15(10-8-12)5-4-6-16(19)18-17-11-13(2)14(3)20-17/h7-11H,4-6H2,1-3H3,(H,18,19). The van der Waals surface area contributed by atoms with E-state index in [0.717, 1.165) is 17.8 Å². The molecule has 0 saturated heterocycles. The summed E-state index contributed by atoms with van der Waals surface area (Å²) in [5.41, 5.74) is 3.81. The highest BCUT2D eigenvalue weighted by Crippen LogP contribution is 2.25. The second-order valence-electron chi connectivity index (χ2n) is 5.24. The van der Waals surface area contributed by atoms with Gasteiger partial charge in [-0.1, -0.05) is 29.8 Å². The summed E-state index contributed by atoms with van der Waals surface area (Å²) in [5.74, 6) is 0.110. The molecule has 106 valence electrons. The molecular formula is C17H21NOS. The van der Waals surface area contributed by atoms with Crippen molar-refractivity contribution in [3.63, 3.8) is 0 Å². The van der Waals surface area contributed by atoms with Gasteiger partial charge < -0.3 is 5.32 Å². The molecule has 1 aromatic carbocycles. The van der Waals surface area contributed by atoms with Gasteiger partial charge in [0, 0.05) is 11.3 Å². The molecule has 2 aromatic rings. The van der Waals surface area contributed by atoms with Crippen LogP contribution in [0.25, 0.3) is 0 Å². The van der Waals surface area contributed by atoms with Gasteiger partial charge in [-0.3, -0.25) is 4.79 Å². The topological polar surface area (TPSA) is 29.1 Å². The summed E-state index contributed by atoms with van der Waals surface area (Å²) in [6, 6.07) is 10.6. The molecule has 0 aliphatic rings. The van der Waals surface area contributed by atoms with Crippen LogP contribution in [0.15, 0.2) is 30.3 Å². The molecule has 1 aromatic heterocycles. The Bertz CT molecular complexity index is 564. The van der Waals surface area contributed by atoms with Crippen LogP contribution < -0.4 is 5.32 Å². The van der Waals surface area contributed by atoms with E-state index in [1.54, 1.807) is 11.3 Å². The number of aryl methyl sites for hydroxylation is 4. The Morgan fingerprint density at radius 1 is 1.15 bits per heavy atom. The van der Waals surface area contributed by atoms with Crippen molar-refractivity contribution in [1.29, 1.82) is 0 Å². The van der Waals surface area contributed by atoms with Crippen LogP contribution in [0.2, 0.25) is 0 Å². The largest absolute Gasteiger partial charge is 0.318 e. The van der Waals surface area contributed by atoms with Crippen LogP contribution in [0, 0.1) is 20.8 Å². The minimum atomic E-state index is 0.110. The molecule has 0 bridgehead atoms. The predicted octanol–water partition coefficient (Wildman–Crippen LogP) is 4.63. The van der Waals surface area contributed by atoms with E-state index >= 15 is 0 Å². The van der Waals surface area contributed by atoms with Crippen LogP contribution in [0.3, 0.4) is 0 Å². The molecule has 2 rings (SSSR count). The zero-order valence-electron chi connectivity index (χ0n) is 12.3. The number of hydrogen-bond acceptors (Lipinski definition) is 2. The Morgan fingerprint density at radius 2 is 1.85 bits per heavy atom. The van der Waals surface area contributed by atoms with Gasteiger partial charge in [-0.05, 0) is 50.8 Å². The number of anilines is 1. The second-order valence-corrected chi connectivity index (χ2v) is 6.49. The number of carbonyl (C=O) groups is 1. The van der Waals surface area contributed by atoms with Crippen molar-refractivity contribution in [2.24, 2.45) is 0 Å². The van der Waals surface area contributed by atoms with Crippen LogP contribution in [0.4, 0.5) is 5.00 Å². The maximum Gasteiger partial charge on any atom is 0.224 e. The van der Waals surface area contributed by atoms with Gasteiger partial charge in [0.15, 0.2) is 0 Å². The summed E-state index contributed by atoms with van der Waals surface area (Å²) < 4.78 is 0. The van der Waals surface area contributed by atoms with Crippen LogP contribution in [0.1, 0.15) is 34.4 Å². The molecule has 3 heteroatoms.